The molecular formula is C30H29ClF3N5O11S. The van der Waals surface area contributed by atoms with E-state index in [0.717, 1.165) is 18.2 Å². The highest BCUT2D eigenvalue weighted by Crippen LogP contribution is 2.38. The van der Waals surface area contributed by atoms with Gasteiger partial charge in [-0.3, -0.25) is 15.4 Å². The summed E-state index contributed by atoms with van der Waals surface area (Å²) >= 11 is 5.80. The Balaban J connectivity index is 0.000000277. The van der Waals surface area contributed by atoms with E-state index in [0.29, 0.717) is 6.61 Å². The van der Waals surface area contributed by atoms with Crippen LogP contribution >= 0.6 is 11.6 Å². The topological polar surface area (TPSA) is 200 Å². The lowest BCUT2D eigenvalue weighted by Gasteiger charge is -2.12. The number of nitrogens with zero attached hydrogens (tertiary/aromatic N) is 3. The Bertz CT molecular complexity index is 1930. The van der Waals surface area contributed by atoms with Crippen LogP contribution in [0.25, 0.3) is 0 Å². The number of hydrogen-bond acceptors (Lipinski definition) is 13. The molecule has 2 N–H and O–H groups in total. The van der Waals surface area contributed by atoms with E-state index in [1.807, 2.05) is 0 Å². The summed E-state index contributed by atoms with van der Waals surface area (Å²) < 4.78 is 94.2. The Morgan fingerprint density at radius 1 is 0.882 bits per heavy atom. The van der Waals surface area contributed by atoms with Crippen LogP contribution in [0.5, 0.6) is 40.5 Å². The summed E-state index contributed by atoms with van der Waals surface area (Å²) in [6.45, 7) is 3.90. The third-order valence-corrected chi connectivity index (χ3v) is 6.93. The molecule has 274 valence electrons. The second kappa shape index (κ2) is 17.8. The van der Waals surface area contributed by atoms with E-state index in [4.69, 9.17) is 39.5 Å². The first-order valence-corrected chi connectivity index (χ1v) is 16.1. The summed E-state index contributed by atoms with van der Waals surface area (Å²) in [5, 5.41) is 12.8. The Labute approximate surface area is 293 Å². The second-order valence-electron chi connectivity index (χ2n) is 9.31. The number of urea groups is 1. The minimum atomic E-state index is -4.52. The number of nitrogens with one attached hydrogen (secondary N) is 2. The minimum Gasteiger partial charge on any atom is -0.490 e. The first-order valence-electron chi connectivity index (χ1n) is 14.3. The Morgan fingerprint density at radius 2 is 1.49 bits per heavy atom. The number of hydrogen-bond donors (Lipinski definition) is 2. The number of carbonyl (C=O) groups excluding carboxylic acids is 1. The van der Waals surface area contributed by atoms with Crippen LogP contribution in [0.1, 0.15) is 19.4 Å². The fourth-order valence-corrected chi connectivity index (χ4v) is 4.62. The summed E-state index contributed by atoms with van der Waals surface area (Å²) in [7, 11) is -1.76. The molecule has 0 aliphatic heterocycles. The number of carbonyl (C=O) groups is 1. The van der Waals surface area contributed by atoms with Crippen LogP contribution in [0.15, 0.2) is 66.7 Å². The van der Waals surface area contributed by atoms with E-state index in [9.17, 15) is 36.5 Å². The van der Waals surface area contributed by atoms with Crippen LogP contribution in [-0.2, 0) is 16.5 Å². The monoisotopic (exact) mass is 759 g/mol. The van der Waals surface area contributed by atoms with Crippen molar-refractivity contribution in [2.45, 2.75) is 20.0 Å². The van der Waals surface area contributed by atoms with Gasteiger partial charge in [0.1, 0.15) is 11.5 Å². The van der Waals surface area contributed by atoms with E-state index in [1.54, 1.807) is 30.7 Å². The van der Waals surface area contributed by atoms with Crippen LogP contribution in [0.3, 0.4) is 0 Å². The predicted octanol–water partition coefficient (Wildman–Crippen LogP) is 6.80. The van der Waals surface area contributed by atoms with Gasteiger partial charge in [-0.25, -0.2) is 9.52 Å². The number of aromatic nitrogens is 2. The van der Waals surface area contributed by atoms with Gasteiger partial charge in [0.2, 0.25) is 23.5 Å². The van der Waals surface area contributed by atoms with Gasteiger partial charge in [0.05, 0.1) is 49.0 Å². The number of nitro groups is 1. The zero-order chi connectivity index (χ0) is 37.8. The number of halogens is 4. The first-order chi connectivity index (χ1) is 24.1. The van der Waals surface area contributed by atoms with Gasteiger partial charge in [-0.2, -0.15) is 31.6 Å². The predicted molar refractivity (Wildman–Crippen MR) is 175 cm³/mol. The number of nitro benzene ring substituents is 1. The average molecular weight is 760 g/mol. The Kier molecular flexibility index (Phi) is 13.8. The zero-order valence-corrected chi connectivity index (χ0v) is 28.6. The fraction of sp³-hybridized carbons (Fsp3) is 0.233. The number of rotatable bonds is 13. The quantitative estimate of drug-likeness (QED) is 0.107. The van der Waals surface area contributed by atoms with Crippen molar-refractivity contribution in [1.29, 1.82) is 0 Å². The van der Waals surface area contributed by atoms with Crippen molar-refractivity contribution in [3.05, 3.63) is 87.4 Å². The molecule has 0 fully saturated rings. The molecule has 3 aromatic carbocycles. The normalized spacial score (nSPS) is 10.9. The standard InChI is InChI=1S/C15H11ClF3NO4.C15H18N4O7S/c1-2-23-14-8-10(4-5-12(14)20(21)22)24-13-6-3-9(7-11(13)16)15(17,18)19;1-4-25-10-7-5-6-8-11(10)26-27(21,22)19-15(20)18-14-16-12(23-2)9-13(17-14)24-3/h3-8H,2H2,1H3;5-9H,4H2,1-3H3,(H2,16,17,18,19,20). The molecule has 0 spiro atoms. The second-order valence-corrected chi connectivity index (χ2v) is 11.0. The minimum absolute atomic E-state index is 0.0111. The van der Waals surface area contributed by atoms with Gasteiger partial charge < -0.3 is 27.9 Å². The van der Waals surface area contributed by atoms with Gasteiger partial charge in [0, 0.05) is 12.1 Å². The van der Waals surface area contributed by atoms with Crippen molar-refractivity contribution < 1.29 is 59.2 Å². The molecule has 16 nitrogen and oxygen atoms in total. The lowest BCUT2D eigenvalue weighted by molar-refractivity contribution is -0.385. The van der Waals surface area contributed by atoms with Gasteiger partial charge in [-0.15, -0.1) is 0 Å². The number of ether oxygens (including phenoxy) is 5. The number of para-hydroxylation sites is 2. The molecule has 1 aromatic heterocycles. The van der Waals surface area contributed by atoms with Crippen LogP contribution < -0.4 is 37.9 Å². The molecule has 0 aliphatic carbocycles. The molecule has 4 aromatic rings. The maximum atomic E-state index is 12.6. The highest BCUT2D eigenvalue weighted by Gasteiger charge is 2.31. The lowest BCUT2D eigenvalue weighted by Crippen LogP contribution is -2.37. The molecule has 0 bridgehead atoms. The molecule has 0 aliphatic rings. The van der Waals surface area contributed by atoms with E-state index >= 15 is 0 Å². The Hall–Kier alpha value is -5.76. The number of anilines is 1. The first kappa shape index (κ1) is 39.7. The molecular weight excluding hydrogens is 731 g/mol. The highest BCUT2D eigenvalue weighted by atomic mass is 35.5. The molecule has 0 atom stereocenters. The van der Waals surface area contributed by atoms with Crippen molar-refractivity contribution in [2.24, 2.45) is 0 Å². The Morgan fingerprint density at radius 3 is 2.04 bits per heavy atom. The molecule has 2 amide bonds. The molecule has 1 heterocycles. The number of alkyl halides is 3. The largest absolute Gasteiger partial charge is 0.490 e. The van der Waals surface area contributed by atoms with Crippen molar-refractivity contribution in [3.8, 4) is 40.5 Å². The summed E-state index contributed by atoms with van der Waals surface area (Å²) in [5.74, 6) is 0.262. The number of benzene rings is 3. The lowest BCUT2D eigenvalue weighted by atomic mass is 10.2. The molecule has 0 saturated heterocycles. The molecule has 0 unspecified atom stereocenters. The third kappa shape index (κ3) is 12.0. The van der Waals surface area contributed by atoms with E-state index in [1.165, 1.54) is 50.6 Å². The third-order valence-electron chi connectivity index (χ3n) is 5.80. The smallest absolute Gasteiger partial charge is 0.416 e. The van der Waals surface area contributed by atoms with Crippen LogP contribution in [0, 0.1) is 10.1 Å². The SMILES string of the molecule is CCOc1cc(Oc2ccc(C(F)(F)F)cc2Cl)ccc1[N+](=O)[O-].CCOc1ccccc1OS(=O)(=O)NC(=O)Nc1nc(OC)cc(OC)n1. The van der Waals surface area contributed by atoms with E-state index < -0.39 is 33.0 Å². The molecule has 4 rings (SSSR count). The van der Waals surface area contributed by atoms with E-state index in [2.05, 4.69) is 15.3 Å². The van der Waals surface area contributed by atoms with Crippen LogP contribution in [0.4, 0.5) is 29.6 Å². The van der Waals surface area contributed by atoms with Gasteiger partial charge in [-0.1, -0.05) is 23.7 Å². The van der Waals surface area contributed by atoms with E-state index in [-0.39, 0.29) is 63.8 Å². The summed E-state index contributed by atoms with van der Waals surface area (Å²) in [6, 6.07) is 12.8. The van der Waals surface area contributed by atoms with Crippen molar-refractivity contribution in [2.75, 3.05) is 32.8 Å². The molecule has 0 saturated carbocycles. The van der Waals surface area contributed by atoms with Crippen molar-refractivity contribution in [1.82, 2.24) is 14.7 Å². The van der Waals surface area contributed by atoms with Crippen LogP contribution in [0.2, 0.25) is 5.02 Å². The van der Waals surface area contributed by atoms with Gasteiger partial charge in [0.25, 0.3) is 0 Å². The number of amides is 2. The maximum absolute atomic E-state index is 12.6. The molecule has 51 heavy (non-hydrogen) atoms. The van der Waals surface area contributed by atoms with Crippen LogP contribution in [-0.4, -0.2) is 56.8 Å². The molecule has 0 radical (unpaired) electrons. The summed E-state index contributed by atoms with van der Waals surface area (Å²) in [5.41, 5.74) is -1.15. The van der Waals surface area contributed by atoms with Gasteiger partial charge in [-0.05, 0) is 50.2 Å². The molecule has 21 heteroatoms. The summed E-state index contributed by atoms with van der Waals surface area (Å²) in [6.07, 6.45) is -4.52. The van der Waals surface area contributed by atoms with Crippen molar-refractivity contribution in [3.63, 3.8) is 0 Å². The van der Waals surface area contributed by atoms with Gasteiger partial charge in [0.15, 0.2) is 11.5 Å². The summed E-state index contributed by atoms with van der Waals surface area (Å²) in [4.78, 5) is 30.0. The highest BCUT2D eigenvalue weighted by molar-refractivity contribution is 7.85. The maximum Gasteiger partial charge on any atom is 0.416 e. The van der Waals surface area contributed by atoms with Gasteiger partial charge >= 0.3 is 28.2 Å². The number of methoxy groups -OCH3 is 2. The van der Waals surface area contributed by atoms with Crippen molar-refractivity contribution >= 4 is 39.6 Å². The zero-order valence-electron chi connectivity index (χ0n) is 27.0. The average Bonchev–Trinajstić information content (AvgIpc) is 3.06. The fourth-order valence-electron chi connectivity index (χ4n) is 3.71.